The topological polar surface area (TPSA) is 69.0 Å². The molecule has 5 nitrogen and oxygen atoms in total. The van der Waals surface area contributed by atoms with E-state index >= 15 is 0 Å². The molecular weight excluding hydrogens is 284 g/mol. The summed E-state index contributed by atoms with van der Waals surface area (Å²) < 4.78 is 23.6. The number of aromatic nitrogens is 2. The van der Waals surface area contributed by atoms with E-state index in [1.807, 2.05) is 0 Å². The Morgan fingerprint density at radius 2 is 2.13 bits per heavy atom. The van der Waals surface area contributed by atoms with Crippen molar-refractivity contribution < 1.29 is 8.42 Å². The Labute approximate surface area is 96.2 Å². The van der Waals surface area contributed by atoms with Gasteiger partial charge in [0, 0.05) is 19.0 Å². The van der Waals surface area contributed by atoms with E-state index in [1.54, 1.807) is 6.92 Å². The summed E-state index contributed by atoms with van der Waals surface area (Å²) >= 11 is 3.06. The average Bonchev–Trinajstić information content (AvgIpc) is 2.10. The Bertz CT molecular complexity index is 521. The predicted octanol–water partition coefficient (Wildman–Crippen LogP) is 0.359. The van der Waals surface area contributed by atoms with Crippen molar-refractivity contribution in [1.29, 1.82) is 0 Å². The standard InChI is InChI=1S/C8H11BrN2O3S/c1-6-10-5-7(9)8(12)11(6)3-4-15(2,13)14/h5H,3-4H2,1-2H3. The minimum atomic E-state index is -3.07. The summed E-state index contributed by atoms with van der Waals surface area (Å²) in [6.45, 7) is 1.80. The molecule has 0 aliphatic carbocycles. The molecule has 15 heavy (non-hydrogen) atoms. The number of hydrogen-bond donors (Lipinski definition) is 0. The fourth-order valence-electron chi connectivity index (χ4n) is 1.07. The van der Waals surface area contributed by atoms with Gasteiger partial charge < -0.3 is 0 Å². The molecule has 0 unspecified atom stereocenters. The van der Waals surface area contributed by atoms with Gasteiger partial charge in [0.1, 0.15) is 20.1 Å². The molecule has 0 aliphatic rings. The van der Waals surface area contributed by atoms with Crippen LogP contribution in [0, 0.1) is 6.92 Å². The maximum absolute atomic E-state index is 11.6. The zero-order chi connectivity index (χ0) is 11.6. The van der Waals surface area contributed by atoms with Crippen molar-refractivity contribution >= 4 is 25.8 Å². The van der Waals surface area contributed by atoms with Gasteiger partial charge in [-0.2, -0.15) is 0 Å². The van der Waals surface area contributed by atoms with Crippen LogP contribution in [0.15, 0.2) is 15.5 Å². The lowest BCUT2D eigenvalue weighted by atomic mass is 10.5. The highest BCUT2D eigenvalue weighted by Gasteiger charge is 2.08. The van der Waals surface area contributed by atoms with Crippen LogP contribution in [0.4, 0.5) is 0 Å². The third-order valence-electron chi connectivity index (χ3n) is 1.89. The van der Waals surface area contributed by atoms with E-state index in [0.29, 0.717) is 10.3 Å². The second-order valence-electron chi connectivity index (χ2n) is 3.24. The lowest BCUT2D eigenvalue weighted by Gasteiger charge is -2.07. The quantitative estimate of drug-likeness (QED) is 0.807. The first-order valence-electron chi connectivity index (χ1n) is 4.21. The van der Waals surface area contributed by atoms with Crippen molar-refractivity contribution in [3.05, 3.63) is 26.8 Å². The molecule has 1 aromatic rings. The second-order valence-corrected chi connectivity index (χ2v) is 6.35. The first kappa shape index (κ1) is 12.4. The number of rotatable bonds is 3. The molecule has 0 N–H and O–H groups in total. The van der Waals surface area contributed by atoms with Crippen molar-refractivity contribution in [1.82, 2.24) is 9.55 Å². The van der Waals surface area contributed by atoms with E-state index in [-0.39, 0.29) is 17.9 Å². The number of halogens is 1. The lowest BCUT2D eigenvalue weighted by molar-refractivity contribution is 0.588. The van der Waals surface area contributed by atoms with E-state index < -0.39 is 9.84 Å². The van der Waals surface area contributed by atoms with Crippen molar-refractivity contribution in [3.8, 4) is 0 Å². The molecule has 0 radical (unpaired) electrons. The molecule has 84 valence electrons. The van der Waals surface area contributed by atoms with Gasteiger partial charge in [-0.25, -0.2) is 13.4 Å². The Hall–Kier alpha value is -0.690. The number of nitrogens with zero attached hydrogens (tertiary/aromatic N) is 2. The van der Waals surface area contributed by atoms with Gasteiger partial charge in [-0.05, 0) is 22.9 Å². The van der Waals surface area contributed by atoms with Crippen molar-refractivity contribution in [2.24, 2.45) is 0 Å². The van der Waals surface area contributed by atoms with Crippen molar-refractivity contribution in [3.63, 3.8) is 0 Å². The largest absolute Gasteiger partial charge is 0.295 e. The molecule has 1 rings (SSSR count). The Morgan fingerprint density at radius 3 is 2.67 bits per heavy atom. The number of hydrogen-bond acceptors (Lipinski definition) is 4. The summed E-state index contributed by atoms with van der Waals surface area (Å²) in [5, 5.41) is 0. The van der Waals surface area contributed by atoms with Crippen LogP contribution >= 0.6 is 15.9 Å². The van der Waals surface area contributed by atoms with Crippen LogP contribution in [0.1, 0.15) is 5.82 Å². The number of aryl methyl sites for hydroxylation is 1. The van der Waals surface area contributed by atoms with Crippen LogP contribution in [0.25, 0.3) is 0 Å². The summed E-state index contributed by atoms with van der Waals surface area (Å²) in [6, 6.07) is 0. The maximum Gasteiger partial charge on any atom is 0.267 e. The maximum atomic E-state index is 11.6. The van der Waals surface area contributed by atoms with Crippen molar-refractivity contribution in [2.75, 3.05) is 12.0 Å². The molecule has 0 spiro atoms. The molecule has 0 aromatic carbocycles. The Kier molecular flexibility index (Phi) is 3.67. The molecule has 0 saturated carbocycles. The molecule has 0 saturated heterocycles. The van der Waals surface area contributed by atoms with Crippen LogP contribution in [0.5, 0.6) is 0 Å². The average molecular weight is 295 g/mol. The molecule has 0 atom stereocenters. The fraction of sp³-hybridized carbons (Fsp3) is 0.500. The van der Waals surface area contributed by atoms with Gasteiger partial charge in [0.2, 0.25) is 0 Å². The van der Waals surface area contributed by atoms with Gasteiger partial charge in [0.25, 0.3) is 5.56 Å². The summed E-state index contributed by atoms with van der Waals surface area (Å²) in [5.74, 6) is 0.443. The van der Waals surface area contributed by atoms with Crippen LogP contribution in [0.3, 0.4) is 0 Å². The molecular formula is C8H11BrN2O3S. The third-order valence-corrected chi connectivity index (χ3v) is 3.36. The van der Waals surface area contributed by atoms with E-state index in [0.717, 1.165) is 6.26 Å². The minimum absolute atomic E-state index is 0.0636. The summed E-state index contributed by atoms with van der Waals surface area (Å²) in [7, 11) is -3.07. The van der Waals surface area contributed by atoms with Crippen LogP contribution in [-0.4, -0.2) is 30.0 Å². The smallest absolute Gasteiger partial charge is 0.267 e. The van der Waals surface area contributed by atoms with Crippen molar-refractivity contribution in [2.45, 2.75) is 13.5 Å². The molecule has 0 fully saturated rings. The number of sulfone groups is 1. The normalized spacial score (nSPS) is 11.7. The van der Waals surface area contributed by atoms with Gasteiger partial charge in [-0.1, -0.05) is 0 Å². The van der Waals surface area contributed by atoms with E-state index in [9.17, 15) is 13.2 Å². The lowest BCUT2D eigenvalue weighted by Crippen LogP contribution is -2.27. The van der Waals surface area contributed by atoms with Gasteiger partial charge in [-0.15, -0.1) is 0 Å². The second kappa shape index (κ2) is 4.44. The Morgan fingerprint density at radius 1 is 1.53 bits per heavy atom. The van der Waals surface area contributed by atoms with Crippen LogP contribution in [0.2, 0.25) is 0 Å². The van der Waals surface area contributed by atoms with E-state index in [1.165, 1.54) is 10.8 Å². The van der Waals surface area contributed by atoms with Crippen LogP contribution in [-0.2, 0) is 16.4 Å². The van der Waals surface area contributed by atoms with Gasteiger partial charge in [-0.3, -0.25) is 9.36 Å². The molecule has 0 aliphatic heterocycles. The highest BCUT2D eigenvalue weighted by Crippen LogP contribution is 2.01. The monoisotopic (exact) mass is 294 g/mol. The highest BCUT2D eigenvalue weighted by atomic mass is 79.9. The zero-order valence-corrected chi connectivity index (χ0v) is 10.8. The fourth-order valence-corrected chi connectivity index (χ4v) is 1.90. The molecule has 0 amide bonds. The molecule has 7 heteroatoms. The third kappa shape index (κ3) is 3.42. The minimum Gasteiger partial charge on any atom is -0.295 e. The summed E-state index contributed by atoms with van der Waals surface area (Å²) in [6.07, 6.45) is 2.55. The van der Waals surface area contributed by atoms with Gasteiger partial charge >= 0.3 is 0 Å². The SMILES string of the molecule is Cc1ncc(Br)c(=O)n1CCS(C)(=O)=O. The van der Waals surface area contributed by atoms with E-state index in [4.69, 9.17) is 0 Å². The highest BCUT2D eigenvalue weighted by molar-refractivity contribution is 9.10. The first-order valence-corrected chi connectivity index (χ1v) is 7.06. The summed E-state index contributed by atoms with van der Waals surface area (Å²) in [5.41, 5.74) is -0.258. The summed E-state index contributed by atoms with van der Waals surface area (Å²) in [4.78, 5) is 15.5. The molecule has 0 bridgehead atoms. The molecule has 1 heterocycles. The van der Waals surface area contributed by atoms with Crippen LogP contribution < -0.4 is 5.56 Å². The van der Waals surface area contributed by atoms with Gasteiger partial charge in [0.05, 0.1) is 5.75 Å². The molecule has 1 aromatic heterocycles. The first-order chi connectivity index (χ1) is 6.81. The Balaban J connectivity index is 3.05. The van der Waals surface area contributed by atoms with Gasteiger partial charge in [0.15, 0.2) is 0 Å². The van der Waals surface area contributed by atoms with E-state index in [2.05, 4.69) is 20.9 Å². The zero-order valence-electron chi connectivity index (χ0n) is 8.40. The predicted molar refractivity (Wildman–Crippen MR) is 60.6 cm³/mol.